The van der Waals surface area contributed by atoms with Crippen molar-refractivity contribution in [3.8, 4) is 0 Å². The summed E-state index contributed by atoms with van der Waals surface area (Å²) in [5.41, 5.74) is 1.32. The molecule has 8 heteroatoms. The number of esters is 1. The summed E-state index contributed by atoms with van der Waals surface area (Å²) in [7, 11) is 1.27. The molecule has 0 aliphatic heterocycles. The zero-order valence-corrected chi connectivity index (χ0v) is 8.75. The van der Waals surface area contributed by atoms with Gasteiger partial charge in [-0.25, -0.2) is 19.1 Å². The van der Waals surface area contributed by atoms with Gasteiger partial charge in [0.2, 0.25) is 0 Å². The van der Waals surface area contributed by atoms with E-state index in [1.54, 1.807) is 6.92 Å². The summed E-state index contributed by atoms with van der Waals surface area (Å²) in [6.45, 7) is 2.11. The fourth-order valence-electron chi connectivity index (χ4n) is 1.10. The van der Waals surface area contributed by atoms with Crippen LogP contribution in [-0.2, 0) is 11.3 Å². The molecule has 0 amide bonds. The Morgan fingerprint density at radius 2 is 2.38 bits per heavy atom. The maximum atomic E-state index is 11.1. The lowest BCUT2D eigenvalue weighted by Crippen LogP contribution is -2.07. The van der Waals surface area contributed by atoms with E-state index >= 15 is 0 Å². The van der Waals surface area contributed by atoms with Gasteiger partial charge in [-0.05, 0) is 6.92 Å². The smallest absolute Gasteiger partial charge is 0.377 e. The zero-order valence-electron chi connectivity index (χ0n) is 8.75. The van der Waals surface area contributed by atoms with Gasteiger partial charge in [0.15, 0.2) is 0 Å². The van der Waals surface area contributed by atoms with Gasteiger partial charge >= 0.3 is 5.97 Å². The van der Waals surface area contributed by atoms with Crippen molar-refractivity contribution in [1.29, 1.82) is 0 Å². The molecule has 0 radical (unpaired) electrons. The second-order valence-corrected chi connectivity index (χ2v) is 3.05. The summed E-state index contributed by atoms with van der Waals surface area (Å²) in [6.07, 6.45) is 1.42. The van der Waals surface area contributed by atoms with Gasteiger partial charge in [-0.2, -0.15) is 0 Å². The van der Waals surface area contributed by atoms with Crippen LogP contribution in [0.1, 0.15) is 22.0 Å². The molecule has 2 rings (SSSR count). The van der Waals surface area contributed by atoms with Gasteiger partial charge in [-0.15, -0.1) is 5.10 Å². The van der Waals surface area contributed by atoms with Crippen LogP contribution in [0.25, 0.3) is 0 Å². The molecule has 8 nitrogen and oxygen atoms in total. The standard InChI is InChI=1S/C8H9N5O3/c1-5-6(12-16-11-5)3-13-4-9-7(10-13)8(14)15-2/h4H,3H2,1-2H3. The van der Waals surface area contributed by atoms with Crippen LogP contribution < -0.4 is 0 Å². The second-order valence-electron chi connectivity index (χ2n) is 3.05. The van der Waals surface area contributed by atoms with Crippen molar-refractivity contribution in [1.82, 2.24) is 25.1 Å². The zero-order chi connectivity index (χ0) is 11.5. The third-order valence-electron chi connectivity index (χ3n) is 1.96. The molecule has 0 saturated heterocycles. The number of carbonyl (C=O) groups excluding carboxylic acids is 1. The van der Waals surface area contributed by atoms with Crippen LogP contribution in [0.2, 0.25) is 0 Å². The lowest BCUT2D eigenvalue weighted by molar-refractivity contribution is 0.0586. The molecule has 0 unspecified atom stereocenters. The van der Waals surface area contributed by atoms with Crippen LogP contribution in [0.5, 0.6) is 0 Å². The van der Waals surface area contributed by atoms with E-state index in [2.05, 4.69) is 29.8 Å². The van der Waals surface area contributed by atoms with Crippen molar-refractivity contribution >= 4 is 5.97 Å². The van der Waals surface area contributed by atoms with Crippen molar-refractivity contribution in [2.24, 2.45) is 0 Å². The first kappa shape index (κ1) is 10.3. The Kier molecular flexibility index (Phi) is 2.63. The van der Waals surface area contributed by atoms with Crippen molar-refractivity contribution in [2.75, 3.05) is 7.11 Å². The molecule has 2 aromatic heterocycles. The van der Waals surface area contributed by atoms with Gasteiger partial charge < -0.3 is 4.74 Å². The fourth-order valence-corrected chi connectivity index (χ4v) is 1.10. The number of aryl methyl sites for hydroxylation is 1. The van der Waals surface area contributed by atoms with Crippen molar-refractivity contribution in [3.05, 3.63) is 23.5 Å². The number of ether oxygens (including phenoxy) is 1. The molecular formula is C8H9N5O3. The first-order valence-corrected chi connectivity index (χ1v) is 4.46. The number of aromatic nitrogens is 5. The van der Waals surface area contributed by atoms with Crippen molar-refractivity contribution < 1.29 is 14.2 Å². The van der Waals surface area contributed by atoms with Gasteiger partial charge in [0.1, 0.15) is 17.7 Å². The highest BCUT2D eigenvalue weighted by Crippen LogP contribution is 2.03. The average Bonchev–Trinajstić information content (AvgIpc) is 2.89. The topological polar surface area (TPSA) is 95.9 Å². The molecule has 16 heavy (non-hydrogen) atoms. The first-order chi connectivity index (χ1) is 7.70. The molecule has 0 aliphatic rings. The molecule has 0 N–H and O–H groups in total. The first-order valence-electron chi connectivity index (χ1n) is 4.46. The minimum Gasteiger partial charge on any atom is -0.463 e. The highest BCUT2D eigenvalue weighted by Gasteiger charge is 2.13. The second kappa shape index (κ2) is 4.09. The van der Waals surface area contributed by atoms with Crippen LogP contribution in [-0.4, -0.2) is 38.2 Å². The number of nitrogens with zero attached hydrogens (tertiary/aromatic N) is 5. The summed E-state index contributed by atoms with van der Waals surface area (Å²) in [4.78, 5) is 14.9. The lowest BCUT2D eigenvalue weighted by Gasteiger charge is -1.95. The van der Waals surface area contributed by atoms with Crippen LogP contribution in [0.4, 0.5) is 0 Å². The van der Waals surface area contributed by atoms with E-state index < -0.39 is 5.97 Å². The van der Waals surface area contributed by atoms with E-state index in [4.69, 9.17) is 0 Å². The molecule has 0 bridgehead atoms. The molecule has 84 valence electrons. The summed E-state index contributed by atoms with van der Waals surface area (Å²) < 4.78 is 10.5. The predicted octanol–water partition coefficient (Wildman–Crippen LogP) is -0.196. The molecule has 0 fully saturated rings. The van der Waals surface area contributed by atoms with Crippen LogP contribution in [0.15, 0.2) is 11.0 Å². The monoisotopic (exact) mass is 223 g/mol. The lowest BCUT2D eigenvalue weighted by atomic mass is 10.3. The van der Waals surface area contributed by atoms with E-state index in [9.17, 15) is 4.79 Å². The number of carbonyl (C=O) groups is 1. The highest BCUT2D eigenvalue weighted by atomic mass is 16.6. The number of methoxy groups -OCH3 is 1. The van der Waals surface area contributed by atoms with Gasteiger partial charge in [-0.3, -0.25) is 0 Å². The van der Waals surface area contributed by atoms with E-state index in [1.165, 1.54) is 18.1 Å². The summed E-state index contributed by atoms with van der Waals surface area (Å²) >= 11 is 0. The molecule has 0 spiro atoms. The Balaban J connectivity index is 2.14. The molecule has 2 heterocycles. The third-order valence-corrected chi connectivity index (χ3v) is 1.96. The molecule has 0 aromatic carbocycles. The number of rotatable bonds is 3. The Morgan fingerprint density at radius 3 is 3.00 bits per heavy atom. The summed E-state index contributed by atoms with van der Waals surface area (Å²) in [5.74, 6) is -0.564. The third kappa shape index (κ3) is 1.90. The Bertz CT molecular complexity index is 503. The SMILES string of the molecule is COC(=O)c1ncn(Cc2nonc2C)n1. The molecule has 0 saturated carbocycles. The Hall–Kier alpha value is -2.25. The predicted molar refractivity (Wildman–Crippen MR) is 49.5 cm³/mol. The van der Waals surface area contributed by atoms with Crippen molar-refractivity contribution in [2.45, 2.75) is 13.5 Å². The maximum absolute atomic E-state index is 11.1. The minimum absolute atomic E-state index is 0.0107. The van der Waals surface area contributed by atoms with Crippen LogP contribution in [0.3, 0.4) is 0 Å². The van der Waals surface area contributed by atoms with Gasteiger partial charge in [0.25, 0.3) is 5.82 Å². The summed E-state index contributed by atoms with van der Waals surface area (Å²) in [6, 6.07) is 0. The quantitative estimate of drug-likeness (QED) is 0.665. The fraction of sp³-hybridized carbons (Fsp3) is 0.375. The van der Waals surface area contributed by atoms with E-state index in [-0.39, 0.29) is 5.82 Å². The molecular weight excluding hydrogens is 214 g/mol. The highest BCUT2D eigenvalue weighted by molar-refractivity contribution is 5.84. The molecule has 0 atom stereocenters. The average molecular weight is 223 g/mol. The van der Waals surface area contributed by atoms with Gasteiger partial charge in [0.05, 0.1) is 13.7 Å². The largest absolute Gasteiger partial charge is 0.463 e. The Morgan fingerprint density at radius 1 is 1.56 bits per heavy atom. The Labute approximate surface area is 90.2 Å². The number of hydrogen-bond acceptors (Lipinski definition) is 7. The van der Waals surface area contributed by atoms with Crippen LogP contribution in [0, 0.1) is 6.92 Å². The maximum Gasteiger partial charge on any atom is 0.377 e. The van der Waals surface area contributed by atoms with Crippen LogP contribution >= 0.6 is 0 Å². The van der Waals surface area contributed by atoms with E-state index in [1.807, 2.05) is 0 Å². The normalized spacial score (nSPS) is 10.4. The van der Waals surface area contributed by atoms with E-state index in [0.29, 0.717) is 17.9 Å². The van der Waals surface area contributed by atoms with E-state index in [0.717, 1.165) is 0 Å². The summed E-state index contributed by atoms with van der Waals surface area (Å²) in [5, 5.41) is 11.2. The van der Waals surface area contributed by atoms with Gasteiger partial charge in [0, 0.05) is 0 Å². The molecule has 2 aromatic rings. The molecule has 0 aliphatic carbocycles. The number of hydrogen-bond donors (Lipinski definition) is 0. The van der Waals surface area contributed by atoms with Crippen molar-refractivity contribution in [3.63, 3.8) is 0 Å². The van der Waals surface area contributed by atoms with Gasteiger partial charge in [-0.1, -0.05) is 10.3 Å². The minimum atomic E-state index is -0.575.